The van der Waals surface area contributed by atoms with Crippen molar-refractivity contribution >= 4 is 27.6 Å². The summed E-state index contributed by atoms with van der Waals surface area (Å²) in [5.41, 5.74) is -1.07. The lowest BCUT2D eigenvalue weighted by atomic mass is 9.70. The average molecular weight is 368 g/mol. The van der Waals surface area contributed by atoms with Crippen LogP contribution in [-0.2, 0) is 24.4 Å². The number of nitrogens with zero attached hydrogens (tertiary/aromatic N) is 2. The standard InChI is InChI=1S/C17H24N2O5S/c1-16(2)11-5-6-17(16,13(20)7-11)10-25(23,24)18-8-12(9-18)19-14(21)3-4-15(19)22/h11-12H,3-10H2,1-2H3. The molecule has 0 spiro atoms. The number of hydrogen-bond donors (Lipinski definition) is 0. The monoisotopic (exact) mass is 368 g/mol. The van der Waals surface area contributed by atoms with Gasteiger partial charge in [0.2, 0.25) is 21.8 Å². The van der Waals surface area contributed by atoms with Crippen LogP contribution in [0.5, 0.6) is 0 Å². The van der Waals surface area contributed by atoms with E-state index in [9.17, 15) is 22.8 Å². The Hall–Kier alpha value is -1.28. The highest BCUT2D eigenvalue weighted by Crippen LogP contribution is 2.64. The number of rotatable bonds is 4. The third-order valence-corrected chi connectivity index (χ3v) is 9.19. The normalized spacial score (nSPS) is 35.7. The largest absolute Gasteiger partial charge is 0.299 e. The van der Waals surface area contributed by atoms with Gasteiger partial charge in [-0.1, -0.05) is 13.8 Å². The molecule has 8 heteroatoms. The summed E-state index contributed by atoms with van der Waals surface area (Å²) in [6.45, 7) is 4.36. The predicted octanol–water partition coefficient (Wildman–Crippen LogP) is 0.545. The fourth-order valence-electron chi connectivity index (χ4n) is 5.32. The molecule has 2 heterocycles. The van der Waals surface area contributed by atoms with Gasteiger partial charge in [0.25, 0.3) is 0 Å². The molecule has 7 nitrogen and oxygen atoms in total. The number of amides is 2. The number of sulfonamides is 1. The Kier molecular flexibility index (Phi) is 3.52. The van der Waals surface area contributed by atoms with E-state index in [2.05, 4.69) is 0 Å². The first-order valence-electron chi connectivity index (χ1n) is 8.94. The van der Waals surface area contributed by atoms with Crippen LogP contribution < -0.4 is 0 Å². The second-order valence-corrected chi connectivity index (χ2v) is 10.5. The van der Waals surface area contributed by atoms with Crippen molar-refractivity contribution in [3.8, 4) is 0 Å². The second kappa shape index (κ2) is 5.13. The zero-order valence-electron chi connectivity index (χ0n) is 14.7. The lowest BCUT2D eigenvalue weighted by Crippen LogP contribution is -2.63. The van der Waals surface area contributed by atoms with Crippen LogP contribution in [-0.4, -0.2) is 60.1 Å². The first-order chi connectivity index (χ1) is 11.6. The minimum absolute atomic E-state index is 0.0827. The van der Waals surface area contributed by atoms with Gasteiger partial charge < -0.3 is 0 Å². The first-order valence-corrected chi connectivity index (χ1v) is 10.6. The fraction of sp³-hybridized carbons (Fsp3) is 0.824. The SMILES string of the molecule is CC1(C)C2CCC1(CS(=O)(=O)N1CC(N3C(=O)CCC3=O)C1)C(=O)C2. The Morgan fingerprint density at radius 3 is 2.16 bits per heavy atom. The van der Waals surface area contributed by atoms with Gasteiger partial charge in [-0.2, -0.15) is 4.31 Å². The molecule has 25 heavy (non-hydrogen) atoms. The van der Waals surface area contributed by atoms with Crippen molar-refractivity contribution in [2.24, 2.45) is 16.7 Å². The van der Waals surface area contributed by atoms with E-state index in [-0.39, 0.29) is 66.7 Å². The molecule has 2 atom stereocenters. The third kappa shape index (κ3) is 2.19. The van der Waals surface area contributed by atoms with Gasteiger partial charge in [0.05, 0.1) is 11.8 Å². The maximum absolute atomic E-state index is 12.9. The van der Waals surface area contributed by atoms with E-state index in [1.165, 1.54) is 9.21 Å². The van der Waals surface area contributed by atoms with Crippen LogP contribution in [0.2, 0.25) is 0 Å². The minimum Gasteiger partial charge on any atom is -0.299 e. The Labute approximate surface area is 147 Å². The maximum atomic E-state index is 12.9. The number of carbonyl (C=O) groups excluding carboxylic acids is 3. The molecule has 0 aromatic rings. The number of Topliss-reactive ketones (excluding diaryl/α,β-unsaturated/α-hetero) is 1. The van der Waals surface area contributed by atoms with Crippen molar-refractivity contribution < 1.29 is 22.8 Å². The van der Waals surface area contributed by atoms with Crippen LogP contribution in [0.4, 0.5) is 0 Å². The molecule has 2 amide bonds. The topological polar surface area (TPSA) is 91.8 Å². The van der Waals surface area contributed by atoms with Crippen molar-refractivity contribution in [1.82, 2.24) is 9.21 Å². The lowest BCUT2D eigenvalue weighted by molar-refractivity contribution is -0.143. The van der Waals surface area contributed by atoms with Gasteiger partial charge in [-0.05, 0) is 24.2 Å². The van der Waals surface area contributed by atoms with Gasteiger partial charge in [-0.3, -0.25) is 19.3 Å². The van der Waals surface area contributed by atoms with Crippen LogP contribution in [0.3, 0.4) is 0 Å². The van der Waals surface area contributed by atoms with Crippen LogP contribution in [0.25, 0.3) is 0 Å². The predicted molar refractivity (Wildman–Crippen MR) is 88.8 cm³/mol. The summed E-state index contributed by atoms with van der Waals surface area (Å²) in [6.07, 6.45) is 2.48. The lowest BCUT2D eigenvalue weighted by Gasteiger charge is -2.44. The highest BCUT2D eigenvalue weighted by Gasteiger charge is 2.66. The van der Waals surface area contributed by atoms with Crippen LogP contribution in [0.15, 0.2) is 0 Å². The van der Waals surface area contributed by atoms with Gasteiger partial charge in [0, 0.05) is 37.8 Å². The molecule has 0 aromatic heterocycles. The molecule has 0 aromatic carbocycles. The van der Waals surface area contributed by atoms with E-state index in [1.54, 1.807) is 0 Å². The summed E-state index contributed by atoms with van der Waals surface area (Å²) in [7, 11) is -3.59. The molecular formula is C17H24N2O5S. The minimum atomic E-state index is -3.59. The highest BCUT2D eigenvalue weighted by molar-refractivity contribution is 7.89. The van der Waals surface area contributed by atoms with Crippen molar-refractivity contribution in [2.75, 3.05) is 18.8 Å². The molecule has 2 aliphatic heterocycles. The number of imide groups is 1. The Bertz CT molecular complexity index is 752. The molecule has 4 rings (SSSR count). The smallest absolute Gasteiger partial charge is 0.230 e. The zero-order chi connectivity index (χ0) is 18.2. The molecule has 2 unspecified atom stereocenters. The van der Waals surface area contributed by atoms with Gasteiger partial charge in [0.15, 0.2) is 0 Å². The molecule has 2 saturated heterocycles. The summed E-state index contributed by atoms with van der Waals surface area (Å²) in [5.74, 6) is -0.206. The molecular weight excluding hydrogens is 344 g/mol. The van der Waals surface area contributed by atoms with E-state index in [0.29, 0.717) is 12.8 Å². The molecule has 2 aliphatic carbocycles. The van der Waals surface area contributed by atoms with Gasteiger partial charge in [0.1, 0.15) is 5.78 Å². The molecule has 4 aliphatic rings. The molecule has 2 bridgehead atoms. The Morgan fingerprint density at radius 1 is 1.08 bits per heavy atom. The van der Waals surface area contributed by atoms with E-state index >= 15 is 0 Å². The number of likely N-dealkylation sites (tertiary alicyclic amines) is 1. The summed E-state index contributed by atoms with van der Waals surface area (Å²) >= 11 is 0. The maximum Gasteiger partial charge on any atom is 0.230 e. The molecule has 0 N–H and O–H groups in total. The first kappa shape index (κ1) is 17.1. The molecule has 2 saturated carbocycles. The Balaban J connectivity index is 1.48. The van der Waals surface area contributed by atoms with Crippen LogP contribution in [0.1, 0.15) is 46.0 Å². The number of fused-ring (bicyclic) bond motifs is 2. The van der Waals surface area contributed by atoms with Crippen molar-refractivity contribution in [1.29, 1.82) is 0 Å². The van der Waals surface area contributed by atoms with E-state index in [1.807, 2.05) is 13.8 Å². The van der Waals surface area contributed by atoms with Gasteiger partial charge in [-0.25, -0.2) is 8.42 Å². The summed E-state index contributed by atoms with van der Waals surface area (Å²) in [6, 6.07) is -0.349. The quantitative estimate of drug-likeness (QED) is 0.676. The Morgan fingerprint density at radius 2 is 1.68 bits per heavy atom. The highest BCUT2D eigenvalue weighted by atomic mass is 32.2. The van der Waals surface area contributed by atoms with E-state index in [0.717, 1.165) is 6.42 Å². The molecule has 4 fully saturated rings. The van der Waals surface area contributed by atoms with Crippen LogP contribution >= 0.6 is 0 Å². The second-order valence-electron chi connectivity index (χ2n) is 8.55. The van der Waals surface area contributed by atoms with Crippen molar-refractivity contribution in [2.45, 2.75) is 52.0 Å². The average Bonchev–Trinajstić information content (AvgIpc) is 2.96. The number of ketones is 1. The van der Waals surface area contributed by atoms with Crippen molar-refractivity contribution in [3.05, 3.63) is 0 Å². The third-order valence-electron chi connectivity index (χ3n) is 7.25. The van der Waals surface area contributed by atoms with E-state index in [4.69, 9.17) is 0 Å². The van der Waals surface area contributed by atoms with Gasteiger partial charge in [-0.15, -0.1) is 0 Å². The zero-order valence-corrected chi connectivity index (χ0v) is 15.5. The fourth-order valence-corrected chi connectivity index (χ4v) is 7.60. The van der Waals surface area contributed by atoms with Crippen LogP contribution in [0, 0.1) is 16.7 Å². The number of hydrogen-bond acceptors (Lipinski definition) is 5. The molecule has 138 valence electrons. The summed E-state index contributed by atoms with van der Waals surface area (Å²) in [5, 5.41) is 0. The van der Waals surface area contributed by atoms with Gasteiger partial charge >= 0.3 is 0 Å². The van der Waals surface area contributed by atoms with Crippen molar-refractivity contribution in [3.63, 3.8) is 0 Å². The van der Waals surface area contributed by atoms with E-state index < -0.39 is 15.4 Å². The number of carbonyl (C=O) groups is 3. The molecule has 0 radical (unpaired) electrons. The summed E-state index contributed by atoms with van der Waals surface area (Å²) < 4.78 is 27.1. The summed E-state index contributed by atoms with van der Waals surface area (Å²) in [4.78, 5) is 37.3.